The molecule has 14 heavy (non-hydrogen) atoms. The van der Waals surface area contributed by atoms with Crippen molar-refractivity contribution in [1.29, 1.82) is 0 Å². The van der Waals surface area contributed by atoms with Crippen LogP contribution in [0.25, 0.3) is 0 Å². The smallest absolute Gasteiger partial charge is 0.133 e. The minimum absolute atomic E-state index is 0.415. The van der Waals surface area contributed by atoms with Crippen molar-refractivity contribution < 1.29 is 4.79 Å². The van der Waals surface area contributed by atoms with E-state index in [-0.39, 0.29) is 0 Å². The SMILES string of the molecule is C=C1/C=C\C=C/CCC2CC(=O)CC12. The molecule has 0 saturated heterocycles. The highest BCUT2D eigenvalue weighted by Gasteiger charge is 2.33. The van der Waals surface area contributed by atoms with Gasteiger partial charge in [-0.15, -0.1) is 0 Å². The summed E-state index contributed by atoms with van der Waals surface area (Å²) in [6, 6.07) is 0. The Morgan fingerprint density at radius 3 is 3.00 bits per heavy atom. The fourth-order valence-electron chi connectivity index (χ4n) is 2.45. The van der Waals surface area contributed by atoms with Crippen LogP contribution in [0.2, 0.25) is 0 Å². The van der Waals surface area contributed by atoms with E-state index >= 15 is 0 Å². The average molecular weight is 188 g/mol. The van der Waals surface area contributed by atoms with Gasteiger partial charge in [-0.05, 0) is 24.7 Å². The highest BCUT2D eigenvalue weighted by atomic mass is 16.1. The third kappa shape index (κ3) is 1.87. The lowest BCUT2D eigenvalue weighted by Crippen LogP contribution is -2.08. The quantitative estimate of drug-likeness (QED) is 0.571. The lowest BCUT2D eigenvalue weighted by Gasteiger charge is -2.17. The van der Waals surface area contributed by atoms with Crippen LogP contribution >= 0.6 is 0 Å². The van der Waals surface area contributed by atoms with E-state index in [0.29, 0.717) is 24.0 Å². The fourth-order valence-corrected chi connectivity index (χ4v) is 2.45. The summed E-state index contributed by atoms with van der Waals surface area (Å²) in [5.74, 6) is 1.38. The molecule has 1 heteroatoms. The van der Waals surface area contributed by atoms with Crippen LogP contribution in [0.4, 0.5) is 0 Å². The van der Waals surface area contributed by atoms with E-state index in [0.717, 1.165) is 24.8 Å². The molecule has 0 heterocycles. The van der Waals surface area contributed by atoms with Crippen molar-refractivity contribution in [2.24, 2.45) is 11.8 Å². The van der Waals surface area contributed by atoms with Gasteiger partial charge in [0.2, 0.25) is 0 Å². The number of rotatable bonds is 0. The normalized spacial score (nSPS) is 36.9. The maximum Gasteiger partial charge on any atom is 0.133 e. The van der Waals surface area contributed by atoms with Crippen LogP contribution in [0, 0.1) is 11.8 Å². The van der Waals surface area contributed by atoms with Gasteiger partial charge in [-0.3, -0.25) is 4.79 Å². The third-order valence-corrected chi connectivity index (χ3v) is 3.24. The van der Waals surface area contributed by atoms with E-state index in [1.54, 1.807) is 0 Å². The molecule has 0 aromatic rings. The van der Waals surface area contributed by atoms with Crippen LogP contribution in [0.5, 0.6) is 0 Å². The Morgan fingerprint density at radius 1 is 1.29 bits per heavy atom. The molecule has 2 aliphatic carbocycles. The number of allylic oxidation sites excluding steroid dienone is 5. The van der Waals surface area contributed by atoms with Crippen LogP contribution in [0.3, 0.4) is 0 Å². The van der Waals surface area contributed by atoms with Crippen LogP contribution in [0.1, 0.15) is 25.7 Å². The second kappa shape index (κ2) is 3.95. The number of ketones is 1. The van der Waals surface area contributed by atoms with Gasteiger partial charge in [0.15, 0.2) is 0 Å². The molecule has 2 aliphatic rings. The Balaban J connectivity index is 2.19. The van der Waals surface area contributed by atoms with Crippen LogP contribution in [-0.2, 0) is 4.79 Å². The second-order valence-electron chi connectivity index (χ2n) is 4.25. The molecular formula is C13H16O. The van der Waals surface area contributed by atoms with Crippen molar-refractivity contribution in [3.63, 3.8) is 0 Å². The van der Waals surface area contributed by atoms with Crippen molar-refractivity contribution in [1.82, 2.24) is 0 Å². The summed E-state index contributed by atoms with van der Waals surface area (Å²) < 4.78 is 0. The minimum atomic E-state index is 0.415. The van der Waals surface area contributed by atoms with Crippen LogP contribution in [0.15, 0.2) is 36.5 Å². The molecule has 0 amide bonds. The number of hydrogen-bond acceptors (Lipinski definition) is 1. The third-order valence-electron chi connectivity index (χ3n) is 3.24. The maximum absolute atomic E-state index is 11.4. The van der Waals surface area contributed by atoms with Crippen molar-refractivity contribution in [3.05, 3.63) is 36.5 Å². The summed E-state index contributed by atoms with van der Waals surface area (Å²) in [7, 11) is 0. The number of Topliss-reactive ketones (excluding diaryl/α,β-unsaturated/α-hetero) is 1. The van der Waals surface area contributed by atoms with Gasteiger partial charge in [0.25, 0.3) is 0 Å². The van der Waals surface area contributed by atoms with Crippen LogP contribution in [-0.4, -0.2) is 5.78 Å². The number of hydrogen-bond donors (Lipinski definition) is 0. The predicted molar refractivity (Wildman–Crippen MR) is 57.9 cm³/mol. The Hall–Kier alpha value is -1.11. The second-order valence-corrected chi connectivity index (χ2v) is 4.25. The zero-order chi connectivity index (χ0) is 9.97. The first-order valence-corrected chi connectivity index (χ1v) is 5.31. The molecule has 2 atom stereocenters. The largest absolute Gasteiger partial charge is 0.300 e. The average Bonchev–Trinajstić information content (AvgIpc) is 2.53. The molecule has 0 spiro atoms. The summed E-state index contributed by atoms with van der Waals surface area (Å²) in [5, 5.41) is 0. The molecular weight excluding hydrogens is 172 g/mol. The van der Waals surface area contributed by atoms with Crippen LogP contribution < -0.4 is 0 Å². The molecule has 1 fully saturated rings. The van der Waals surface area contributed by atoms with Crippen molar-refractivity contribution in [2.45, 2.75) is 25.7 Å². The van der Waals surface area contributed by atoms with E-state index in [4.69, 9.17) is 0 Å². The van der Waals surface area contributed by atoms with Gasteiger partial charge in [0.1, 0.15) is 5.78 Å². The first-order chi connectivity index (χ1) is 6.77. The maximum atomic E-state index is 11.4. The highest BCUT2D eigenvalue weighted by molar-refractivity contribution is 5.81. The number of fused-ring (bicyclic) bond motifs is 1. The van der Waals surface area contributed by atoms with Crippen molar-refractivity contribution in [3.8, 4) is 0 Å². The van der Waals surface area contributed by atoms with Crippen molar-refractivity contribution >= 4 is 5.78 Å². The summed E-state index contributed by atoms with van der Waals surface area (Å²) in [4.78, 5) is 11.4. The Morgan fingerprint density at radius 2 is 2.14 bits per heavy atom. The molecule has 0 aromatic carbocycles. The molecule has 1 nitrogen and oxygen atoms in total. The lowest BCUT2D eigenvalue weighted by atomic mass is 9.86. The topological polar surface area (TPSA) is 17.1 Å². The van der Waals surface area contributed by atoms with E-state index in [2.05, 4.69) is 24.8 Å². The predicted octanol–water partition coefficient (Wildman–Crippen LogP) is 3.04. The molecule has 0 radical (unpaired) electrons. The Labute approximate surface area is 85.2 Å². The molecule has 0 N–H and O–H groups in total. The van der Waals surface area contributed by atoms with Gasteiger partial charge >= 0.3 is 0 Å². The summed E-state index contributed by atoms with van der Waals surface area (Å²) in [5.41, 5.74) is 1.13. The van der Waals surface area contributed by atoms with E-state index in [1.165, 1.54) is 0 Å². The van der Waals surface area contributed by atoms with E-state index in [1.807, 2.05) is 6.08 Å². The fraction of sp³-hybridized carbons (Fsp3) is 0.462. The van der Waals surface area contributed by atoms with E-state index in [9.17, 15) is 4.79 Å². The summed E-state index contributed by atoms with van der Waals surface area (Å²) in [6.45, 7) is 4.06. The highest BCUT2D eigenvalue weighted by Crippen LogP contribution is 2.37. The van der Waals surface area contributed by atoms with Gasteiger partial charge in [0.05, 0.1) is 0 Å². The minimum Gasteiger partial charge on any atom is -0.300 e. The molecule has 74 valence electrons. The molecule has 2 rings (SSSR count). The van der Waals surface area contributed by atoms with Gasteiger partial charge in [0, 0.05) is 12.8 Å². The molecule has 2 unspecified atom stereocenters. The zero-order valence-electron chi connectivity index (χ0n) is 8.41. The van der Waals surface area contributed by atoms with Gasteiger partial charge < -0.3 is 0 Å². The zero-order valence-corrected chi connectivity index (χ0v) is 8.41. The number of carbonyl (C=O) groups is 1. The Bertz CT molecular complexity index is 309. The first kappa shape index (κ1) is 9.45. The molecule has 0 aromatic heterocycles. The van der Waals surface area contributed by atoms with Gasteiger partial charge in [-0.25, -0.2) is 0 Å². The number of carbonyl (C=O) groups excluding carboxylic acids is 1. The Kier molecular flexibility index (Phi) is 2.67. The van der Waals surface area contributed by atoms with Crippen molar-refractivity contribution in [2.75, 3.05) is 0 Å². The van der Waals surface area contributed by atoms with E-state index < -0.39 is 0 Å². The first-order valence-electron chi connectivity index (χ1n) is 5.31. The summed E-state index contributed by atoms with van der Waals surface area (Å²) >= 11 is 0. The summed E-state index contributed by atoms with van der Waals surface area (Å²) in [6.07, 6.45) is 12.0. The lowest BCUT2D eigenvalue weighted by molar-refractivity contribution is -0.117. The molecule has 0 bridgehead atoms. The molecule has 0 aliphatic heterocycles. The van der Waals surface area contributed by atoms with Gasteiger partial charge in [-0.2, -0.15) is 0 Å². The molecule has 1 saturated carbocycles. The van der Waals surface area contributed by atoms with Gasteiger partial charge in [-0.1, -0.05) is 36.5 Å². The monoisotopic (exact) mass is 188 g/mol. The standard InChI is InChI=1S/C13H16O/c1-10-6-4-2-3-5-7-11-8-12(14)9-13(10)11/h2-4,6,11,13H,1,5,7-9H2/b3-2-,6-4-.